The van der Waals surface area contributed by atoms with E-state index in [0.717, 1.165) is 4.68 Å². The molecule has 2 heterocycles. The lowest BCUT2D eigenvalue weighted by Gasteiger charge is -1.96. The Hall–Kier alpha value is -2.22. The topological polar surface area (TPSA) is 88.0 Å². The van der Waals surface area contributed by atoms with Crippen LogP contribution in [0.2, 0.25) is 5.02 Å². The van der Waals surface area contributed by atoms with E-state index in [-0.39, 0.29) is 16.3 Å². The summed E-state index contributed by atoms with van der Waals surface area (Å²) in [7, 11) is 1.47. The van der Waals surface area contributed by atoms with Crippen LogP contribution < -0.4 is 5.43 Å². The minimum atomic E-state index is -0.569. The van der Waals surface area contributed by atoms with Gasteiger partial charge in [-0.1, -0.05) is 11.6 Å². The first-order chi connectivity index (χ1) is 9.00. The van der Waals surface area contributed by atoms with Crippen molar-refractivity contribution in [2.24, 2.45) is 12.1 Å². The number of nitrogens with zero attached hydrogens (tertiary/aromatic N) is 4. The number of amides is 1. The van der Waals surface area contributed by atoms with E-state index in [4.69, 9.17) is 11.6 Å². The fraction of sp³-hybridized carbons (Fsp3) is 0.200. The van der Waals surface area contributed by atoms with Gasteiger partial charge >= 0.3 is 0 Å². The van der Waals surface area contributed by atoms with Gasteiger partial charge in [0.25, 0.3) is 5.91 Å². The molecule has 100 valence electrons. The van der Waals surface area contributed by atoms with Gasteiger partial charge in [0.1, 0.15) is 5.69 Å². The van der Waals surface area contributed by atoms with Crippen LogP contribution in [0.15, 0.2) is 11.3 Å². The van der Waals surface area contributed by atoms with Gasteiger partial charge in [0, 0.05) is 7.05 Å². The second-order valence-electron chi connectivity index (χ2n) is 3.71. The lowest BCUT2D eigenvalue weighted by Crippen LogP contribution is -2.18. The predicted molar refractivity (Wildman–Crippen MR) is 66.6 cm³/mol. The molecule has 0 saturated heterocycles. The number of aryl methyl sites for hydroxylation is 2. The van der Waals surface area contributed by atoms with E-state index in [1.165, 1.54) is 19.5 Å². The SMILES string of the molecule is Cc1nn(C)c(F)c1/C=N\NC(=O)c1[nH]ncc1Cl. The molecule has 0 aromatic carbocycles. The molecule has 0 saturated carbocycles. The van der Waals surface area contributed by atoms with E-state index in [9.17, 15) is 9.18 Å². The fourth-order valence-electron chi connectivity index (χ4n) is 1.44. The second-order valence-corrected chi connectivity index (χ2v) is 4.11. The van der Waals surface area contributed by atoms with Gasteiger partial charge in [-0.05, 0) is 6.92 Å². The number of hydrogen-bond donors (Lipinski definition) is 2. The van der Waals surface area contributed by atoms with Crippen LogP contribution in [0.1, 0.15) is 21.7 Å². The number of rotatable bonds is 3. The third-order valence-corrected chi connectivity index (χ3v) is 2.66. The zero-order chi connectivity index (χ0) is 14.0. The van der Waals surface area contributed by atoms with Gasteiger partial charge in [-0.15, -0.1) is 0 Å². The summed E-state index contributed by atoms with van der Waals surface area (Å²) in [5.74, 6) is -1.10. The van der Waals surface area contributed by atoms with Crippen molar-refractivity contribution in [2.45, 2.75) is 6.92 Å². The summed E-state index contributed by atoms with van der Waals surface area (Å²) >= 11 is 5.70. The molecule has 9 heteroatoms. The van der Waals surface area contributed by atoms with Crippen LogP contribution in [0.4, 0.5) is 4.39 Å². The van der Waals surface area contributed by atoms with Crippen LogP contribution in [-0.2, 0) is 7.05 Å². The Labute approximate surface area is 112 Å². The van der Waals surface area contributed by atoms with E-state index in [2.05, 4.69) is 25.8 Å². The van der Waals surface area contributed by atoms with E-state index in [0.29, 0.717) is 5.69 Å². The van der Waals surface area contributed by atoms with Crippen LogP contribution in [0, 0.1) is 12.9 Å². The average molecular weight is 285 g/mol. The zero-order valence-corrected chi connectivity index (χ0v) is 10.9. The van der Waals surface area contributed by atoms with E-state index in [1.807, 2.05) is 0 Å². The Morgan fingerprint density at radius 3 is 2.95 bits per heavy atom. The van der Waals surface area contributed by atoms with E-state index < -0.39 is 11.9 Å². The normalized spacial score (nSPS) is 11.2. The first-order valence-electron chi connectivity index (χ1n) is 5.22. The number of halogens is 2. The molecule has 0 bridgehead atoms. The minimum Gasteiger partial charge on any atom is -0.271 e. The van der Waals surface area contributed by atoms with Gasteiger partial charge in [0.05, 0.1) is 28.7 Å². The number of H-pyrrole nitrogens is 1. The molecule has 0 aliphatic heterocycles. The number of hydrazone groups is 1. The summed E-state index contributed by atoms with van der Waals surface area (Å²) < 4.78 is 14.6. The highest BCUT2D eigenvalue weighted by molar-refractivity contribution is 6.33. The van der Waals surface area contributed by atoms with Crippen LogP contribution in [0.3, 0.4) is 0 Å². The van der Waals surface area contributed by atoms with Crippen molar-refractivity contribution < 1.29 is 9.18 Å². The van der Waals surface area contributed by atoms with Crippen LogP contribution in [0.5, 0.6) is 0 Å². The summed E-state index contributed by atoms with van der Waals surface area (Å²) in [4.78, 5) is 11.6. The van der Waals surface area contributed by atoms with Crippen molar-refractivity contribution in [3.05, 3.63) is 34.1 Å². The average Bonchev–Trinajstić information content (AvgIpc) is 2.88. The molecule has 0 aliphatic rings. The largest absolute Gasteiger partial charge is 0.290 e. The highest BCUT2D eigenvalue weighted by Gasteiger charge is 2.13. The van der Waals surface area contributed by atoms with Gasteiger partial charge in [0.2, 0.25) is 5.95 Å². The zero-order valence-electron chi connectivity index (χ0n) is 10.1. The maximum Gasteiger partial charge on any atom is 0.290 e. The molecular weight excluding hydrogens is 275 g/mol. The highest BCUT2D eigenvalue weighted by Crippen LogP contribution is 2.11. The van der Waals surface area contributed by atoms with Crippen LogP contribution in [0.25, 0.3) is 0 Å². The van der Waals surface area contributed by atoms with Crippen LogP contribution in [-0.4, -0.2) is 32.1 Å². The monoisotopic (exact) mass is 284 g/mol. The Morgan fingerprint density at radius 2 is 2.42 bits per heavy atom. The molecule has 0 radical (unpaired) electrons. The van der Waals surface area contributed by atoms with Crippen molar-refractivity contribution in [1.29, 1.82) is 0 Å². The van der Waals surface area contributed by atoms with Gasteiger partial charge in [-0.3, -0.25) is 9.89 Å². The van der Waals surface area contributed by atoms with E-state index in [1.54, 1.807) is 6.92 Å². The summed E-state index contributed by atoms with van der Waals surface area (Å²) in [6, 6.07) is 0. The molecular formula is C10H10ClFN6O. The Morgan fingerprint density at radius 1 is 1.68 bits per heavy atom. The quantitative estimate of drug-likeness (QED) is 0.651. The maximum absolute atomic E-state index is 13.5. The summed E-state index contributed by atoms with van der Waals surface area (Å²) in [5, 5.41) is 13.7. The molecule has 0 atom stereocenters. The molecule has 0 spiro atoms. The lowest BCUT2D eigenvalue weighted by atomic mass is 10.3. The predicted octanol–water partition coefficient (Wildman–Crippen LogP) is 1.01. The Balaban J connectivity index is 2.09. The molecule has 0 fully saturated rings. The van der Waals surface area contributed by atoms with Crippen molar-refractivity contribution in [1.82, 2.24) is 25.4 Å². The molecule has 2 aromatic heterocycles. The second kappa shape index (κ2) is 5.19. The lowest BCUT2D eigenvalue weighted by molar-refractivity contribution is 0.0950. The fourth-order valence-corrected chi connectivity index (χ4v) is 1.61. The molecule has 19 heavy (non-hydrogen) atoms. The molecule has 2 N–H and O–H groups in total. The van der Waals surface area contributed by atoms with Crippen molar-refractivity contribution in [2.75, 3.05) is 0 Å². The highest BCUT2D eigenvalue weighted by atomic mass is 35.5. The van der Waals surface area contributed by atoms with Gasteiger partial charge in [-0.2, -0.15) is 19.7 Å². The van der Waals surface area contributed by atoms with Crippen molar-refractivity contribution in [3.8, 4) is 0 Å². The van der Waals surface area contributed by atoms with E-state index >= 15 is 0 Å². The smallest absolute Gasteiger partial charge is 0.271 e. The number of aromatic nitrogens is 4. The molecule has 2 rings (SSSR count). The maximum atomic E-state index is 13.5. The summed E-state index contributed by atoms with van der Waals surface area (Å²) in [5.41, 5.74) is 2.97. The number of nitrogens with one attached hydrogen (secondary N) is 2. The minimum absolute atomic E-state index is 0.0854. The molecule has 1 amide bonds. The first-order valence-corrected chi connectivity index (χ1v) is 5.60. The van der Waals surface area contributed by atoms with Crippen LogP contribution >= 0.6 is 11.6 Å². The number of aromatic amines is 1. The first kappa shape index (κ1) is 13.2. The molecule has 0 unspecified atom stereocenters. The van der Waals surface area contributed by atoms with Crippen molar-refractivity contribution >= 4 is 23.7 Å². The number of carbonyl (C=O) groups excluding carboxylic acids is 1. The molecule has 0 aliphatic carbocycles. The Kier molecular flexibility index (Phi) is 3.61. The number of carbonyl (C=O) groups is 1. The molecule has 7 nitrogen and oxygen atoms in total. The summed E-state index contributed by atoms with van der Waals surface area (Å²) in [6.45, 7) is 1.64. The standard InChI is InChI=1S/C10H10ClFN6O/c1-5-6(9(12)18(2)17-5)3-13-16-10(19)8-7(11)4-14-15-8/h3-4H,1-2H3,(H,14,15)(H,16,19)/b13-3-. The Bertz CT molecular complexity index is 646. The third-order valence-electron chi connectivity index (χ3n) is 2.38. The third kappa shape index (κ3) is 2.63. The van der Waals surface area contributed by atoms with Gasteiger partial charge in [0.15, 0.2) is 0 Å². The number of hydrogen-bond acceptors (Lipinski definition) is 4. The van der Waals surface area contributed by atoms with Gasteiger partial charge in [-0.25, -0.2) is 10.1 Å². The van der Waals surface area contributed by atoms with Crippen molar-refractivity contribution in [3.63, 3.8) is 0 Å². The summed E-state index contributed by atoms with van der Waals surface area (Å²) in [6.07, 6.45) is 2.48. The van der Waals surface area contributed by atoms with Gasteiger partial charge < -0.3 is 0 Å². The molecule has 2 aromatic rings.